The number of benzene rings is 2. The van der Waals surface area contributed by atoms with Gasteiger partial charge in [-0.15, -0.1) is 0 Å². The Hall–Kier alpha value is -3.32. The molecular formula is C26H28N4O2S. The number of carbonyl (C=O) groups is 1. The van der Waals surface area contributed by atoms with Gasteiger partial charge in [0.05, 0.1) is 13.7 Å². The highest BCUT2D eigenvalue weighted by Gasteiger charge is 2.13. The maximum atomic E-state index is 12.2. The van der Waals surface area contributed by atoms with Gasteiger partial charge in [0.1, 0.15) is 11.3 Å². The molecule has 6 nitrogen and oxygen atoms in total. The zero-order valence-corrected chi connectivity index (χ0v) is 19.8. The van der Waals surface area contributed by atoms with E-state index in [4.69, 9.17) is 9.72 Å². The average molecular weight is 461 g/mol. The number of hydrogen-bond acceptors (Lipinski definition) is 5. The van der Waals surface area contributed by atoms with Crippen LogP contribution in [0.25, 0.3) is 11.2 Å². The molecular weight excluding hydrogens is 432 g/mol. The van der Waals surface area contributed by atoms with Crippen molar-refractivity contribution in [2.24, 2.45) is 0 Å². The van der Waals surface area contributed by atoms with E-state index in [0.29, 0.717) is 18.7 Å². The molecule has 0 unspecified atom stereocenters. The topological polar surface area (TPSA) is 69.0 Å². The summed E-state index contributed by atoms with van der Waals surface area (Å²) < 4.78 is 7.42. The van der Waals surface area contributed by atoms with Crippen LogP contribution in [0, 0.1) is 0 Å². The first-order valence-electron chi connectivity index (χ1n) is 11.1. The highest BCUT2D eigenvalue weighted by molar-refractivity contribution is 7.98. The number of hydrogen-bond donors (Lipinski definition) is 1. The van der Waals surface area contributed by atoms with Gasteiger partial charge in [0.25, 0.3) is 5.91 Å². The van der Waals surface area contributed by atoms with Crippen LogP contribution in [0.5, 0.6) is 5.75 Å². The van der Waals surface area contributed by atoms with Crippen LogP contribution in [-0.2, 0) is 12.3 Å². The fourth-order valence-corrected chi connectivity index (χ4v) is 4.44. The molecule has 0 bridgehead atoms. The fourth-order valence-electron chi connectivity index (χ4n) is 3.48. The number of fused-ring (bicyclic) bond motifs is 1. The molecule has 7 heteroatoms. The zero-order chi connectivity index (χ0) is 23.0. The molecule has 0 fully saturated rings. The minimum atomic E-state index is -0.0185. The van der Waals surface area contributed by atoms with Gasteiger partial charge < -0.3 is 10.1 Å². The number of nitrogens with one attached hydrogen (secondary N) is 1. The van der Waals surface area contributed by atoms with Crippen molar-refractivity contribution in [1.29, 1.82) is 0 Å². The van der Waals surface area contributed by atoms with Crippen LogP contribution in [0.4, 0.5) is 0 Å². The summed E-state index contributed by atoms with van der Waals surface area (Å²) in [6.45, 7) is 3.50. The Kier molecular flexibility index (Phi) is 7.62. The van der Waals surface area contributed by atoms with Crippen molar-refractivity contribution in [2.45, 2.75) is 37.2 Å². The summed E-state index contributed by atoms with van der Waals surface area (Å²) in [6, 6.07) is 19.8. The first-order valence-corrected chi connectivity index (χ1v) is 12.1. The first kappa shape index (κ1) is 22.9. The van der Waals surface area contributed by atoms with E-state index >= 15 is 0 Å². The quantitative estimate of drug-likeness (QED) is 0.257. The van der Waals surface area contributed by atoms with E-state index in [0.717, 1.165) is 51.8 Å². The lowest BCUT2D eigenvalue weighted by atomic mass is 10.1. The molecule has 2 aromatic carbocycles. The van der Waals surface area contributed by atoms with Gasteiger partial charge in [-0.1, -0.05) is 49.4 Å². The minimum absolute atomic E-state index is 0.0185. The molecule has 0 atom stereocenters. The summed E-state index contributed by atoms with van der Waals surface area (Å²) in [4.78, 5) is 21.6. The van der Waals surface area contributed by atoms with Crippen LogP contribution < -0.4 is 10.1 Å². The second-order valence-corrected chi connectivity index (χ2v) is 8.71. The number of amides is 1. The largest absolute Gasteiger partial charge is 0.497 e. The van der Waals surface area contributed by atoms with Crippen molar-refractivity contribution in [3.8, 4) is 5.75 Å². The molecule has 33 heavy (non-hydrogen) atoms. The highest BCUT2D eigenvalue weighted by Crippen LogP contribution is 2.27. The van der Waals surface area contributed by atoms with Gasteiger partial charge in [-0.2, -0.15) is 0 Å². The lowest BCUT2D eigenvalue weighted by Gasteiger charge is -2.10. The first-order chi connectivity index (χ1) is 16.2. The predicted molar refractivity (Wildman–Crippen MR) is 133 cm³/mol. The molecule has 2 heterocycles. The standard InChI is InChI=1S/C26H28N4O2S/c1-3-4-15-28-25(31)21-11-7-20(8-12-21)18-33-26-29-23-6-5-16-27-24(23)30(26)17-19-9-13-22(32-2)14-10-19/h5-14,16H,3-4,15,17-18H2,1-2H3,(H,28,31). The van der Waals surface area contributed by atoms with Crippen molar-refractivity contribution < 1.29 is 9.53 Å². The second kappa shape index (κ2) is 11.0. The lowest BCUT2D eigenvalue weighted by molar-refractivity contribution is 0.0953. The van der Waals surface area contributed by atoms with E-state index < -0.39 is 0 Å². The van der Waals surface area contributed by atoms with Gasteiger partial charge in [0.15, 0.2) is 10.8 Å². The molecule has 0 aliphatic rings. The van der Waals surface area contributed by atoms with E-state index in [1.165, 1.54) is 0 Å². The minimum Gasteiger partial charge on any atom is -0.497 e. The Labute approximate surface area is 198 Å². The van der Waals surface area contributed by atoms with E-state index in [1.807, 2.05) is 48.5 Å². The van der Waals surface area contributed by atoms with Crippen LogP contribution >= 0.6 is 11.8 Å². The van der Waals surface area contributed by atoms with Crippen LogP contribution in [0.3, 0.4) is 0 Å². The maximum Gasteiger partial charge on any atom is 0.251 e. The third-order valence-electron chi connectivity index (χ3n) is 5.37. The van der Waals surface area contributed by atoms with Crippen molar-refractivity contribution in [3.63, 3.8) is 0 Å². The molecule has 1 amide bonds. The van der Waals surface area contributed by atoms with Crippen LogP contribution in [0.1, 0.15) is 41.3 Å². The Bertz CT molecular complexity index is 1200. The zero-order valence-electron chi connectivity index (χ0n) is 19.0. The van der Waals surface area contributed by atoms with Gasteiger partial charge in [-0.05, 0) is 53.9 Å². The lowest BCUT2D eigenvalue weighted by Crippen LogP contribution is -2.24. The molecule has 1 N–H and O–H groups in total. The summed E-state index contributed by atoms with van der Waals surface area (Å²) in [5.74, 6) is 1.57. The number of aromatic nitrogens is 3. The normalized spacial score (nSPS) is 11.0. The summed E-state index contributed by atoms with van der Waals surface area (Å²) in [6.07, 6.45) is 3.86. The van der Waals surface area contributed by atoms with Crippen LogP contribution in [-0.4, -0.2) is 34.1 Å². The number of rotatable bonds is 10. The van der Waals surface area contributed by atoms with Crippen LogP contribution in [0.15, 0.2) is 72.0 Å². The van der Waals surface area contributed by atoms with Gasteiger partial charge in [-0.3, -0.25) is 9.36 Å². The average Bonchev–Trinajstić information content (AvgIpc) is 3.21. The predicted octanol–water partition coefficient (Wildman–Crippen LogP) is 5.31. The Morgan fingerprint density at radius 1 is 1.06 bits per heavy atom. The van der Waals surface area contributed by atoms with Gasteiger partial charge >= 0.3 is 0 Å². The number of unbranched alkanes of at least 4 members (excludes halogenated alkanes) is 1. The monoisotopic (exact) mass is 460 g/mol. The number of methoxy groups -OCH3 is 1. The van der Waals surface area contributed by atoms with E-state index in [9.17, 15) is 4.79 Å². The number of thioether (sulfide) groups is 1. The third kappa shape index (κ3) is 5.73. The third-order valence-corrected chi connectivity index (χ3v) is 6.42. The molecule has 0 aliphatic heterocycles. The number of pyridine rings is 1. The van der Waals surface area contributed by atoms with E-state index in [2.05, 4.69) is 33.9 Å². The molecule has 2 aromatic heterocycles. The SMILES string of the molecule is CCCCNC(=O)c1ccc(CSc2nc3cccnc3n2Cc2ccc(OC)cc2)cc1. The molecule has 4 aromatic rings. The number of ether oxygens (including phenoxy) is 1. The Balaban J connectivity index is 1.48. The summed E-state index contributed by atoms with van der Waals surface area (Å²) in [5, 5.41) is 3.88. The summed E-state index contributed by atoms with van der Waals surface area (Å²) in [5.41, 5.74) is 4.74. The Morgan fingerprint density at radius 3 is 2.55 bits per heavy atom. The molecule has 0 saturated heterocycles. The molecule has 0 aliphatic carbocycles. The number of imidazole rings is 1. The molecule has 0 radical (unpaired) electrons. The maximum absolute atomic E-state index is 12.2. The molecule has 4 rings (SSSR count). The second-order valence-electron chi connectivity index (χ2n) is 7.77. The molecule has 0 saturated carbocycles. The van der Waals surface area contributed by atoms with Gasteiger partial charge in [-0.25, -0.2) is 9.97 Å². The molecule has 0 spiro atoms. The highest BCUT2D eigenvalue weighted by atomic mass is 32.2. The van der Waals surface area contributed by atoms with Crippen LogP contribution in [0.2, 0.25) is 0 Å². The van der Waals surface area contributed by atoms with E-state index in [1.54, 1.807) is 25.1 Å². The Morgan fingerprint density at radius 2 is 1.82 bits per heavy atom. The number of carbonyl (C=O) groups excluding carboxylic acids is 1. The summed E-state index contributed by atoms with van der Waals surface area (Å²) in [7, 11) is 1.67. The molecule has 170 valence electrons. The van der Waals surface area contributed by atoms with Gasteiger partial charge in [0.2, 0.25) is 0 Å². The van der Waals surface area contributed by atoms with Gasteiger partial charge in [0, 0.05) is 24.1 Å². The smallest absolute Gasteiger partial charge is 0.251 e. The van der Waals surface area contributed by atoms with E-state index in [-0.39, 0.29) is 5.91 Å². The van der Waals surface area contributed by atoms with Crippen molar-refractivity contribution in [3.05, 3.63) is 83.6 Å². The number of nitrogens with zero attached hydrogens (tertiary/aromatic N) is 3. The fraction of sp³-hybridized carbons (Fsp3) is 0.269. The van der Waals surface area contributed by atoms with Crippen molar-refractivity contribution in [1.82, 2.24) is 19.9 Å². The van der Waals surface area contributed by atoms with Crippen molar-refractivity contribution >= 4 is 28.8 Å². The van der Waals surface area contributed by atoms with Crippen molar-refractivity contribution in [2.75, 3.05) is 13.7 Å². The summed E-state index contributed by atoms with van der Waals surface area (Å²) >= 11 is 1.67.